The van der Waals surface area contributed by atoms with Crippen molar-refractivity contribution >= 4 is 24.0 Å². The molecular formula is C16H21ClN4O. The fourth-order valence-corrected chi connectivity index (χ4v) is 3.08. The molecule has 118 valence electrons. The molecule has 1 fully saturated rings. The van der Waals surface area contributed by atoms with Crippen molar-refractivity contribution in [2.45, 2.75) is 19.3 Å². The van der Waals surface area contributed by atoms with Gasteiger partial charge >= 0.3 is 0 Å². The molecule has 2 atom stereocenters. The lowest BCUT2D eigenvalue weighted by atomic mass is 9.95. The Morgan fingerprint density at radius 2 is 2.23 bits per heavy atom. The minimum Gasteiger partial charge on any atom is -0.330 e. The molecule has 1 heterocycles. The normalized spacial score (nSPS) is 20.4. The van der Waals surface area contributed by atoms with Gasteiger partial charge in [0.25, 0.3) is 0 Å². The van der Waals surface area contributed by atoms with Gasteiger partial charge in [0.05, 0.1) is 5.69 Å². The quantitative estimate of drug-likeness (QED) is 0.810. The highest BCUT2D eigenvalue weighted by Gasteiger charge is 2.31. The molecule has 2 aromatic rings. The van der Waals surface area contributed by atoms with E-state index in [9.17, 15) is 4.79 Å². The third kappa shape index (κ3) is 3.48. The van der Waals surface area contributed by atoms with E-state index >= 15 is 0 Å². The average molecular weight is 321 g/mol. The molecule has 1 saturated carbocycles. The van der Waals surface area contributed by atoms with Crippen molar-refractivity contribution in [3.05, 3.63) is 36.5 Å². The highest BCUT2D eigenvalue weighted by molar-refractivity contribution is 5.93. The molecule has 22 heavy (non-hydrogen) atoms. The number of nitrogens with two attached hydrogens (primary N) is 1. The lowest BCUT2D eigenvalue weighted by Crippen LogP contribution is -2.29. The molecule has 0 saturated heterocycles. The number of aromatic nitrogens is 2. The Hall–Kier alpha value is -1.85. The van der Waals surface area contributed by atoms with Crippen molar-refractivity contribution in [2.75, 3.05) is 11.9 Å². The molecule has 3 rings (SSSR count). The average Bonchev–Trinajstić information content (AvgIpc) is 3.18. The summed E-state index contributed by atoms with van der Waals surface area (Å²) in [6.45, 7) is 0.590. The number of anilines is 1. The highest BCUT2D eigenvalue weighted by atomic mass is 35.5. The second-order valence-electron chi connectivity index (χ2n) is 5.57. The van der Waals surface area contributed by atoms with E-state index in [4.69, 9.17) is 5.73 Å². The number of H-pyrrole nitrogens is 1. The number of nitrogens with zero attached hydrogens (tertiary/aromatic N) is 1. The van der Waals surface area contributed by atoms with Gasteiger partial charge in [0.15, 0.2) is 0 Å². The molecule has 0 spiro atoms. The third-order valence-corrected chi connectivity index (χ3v) is 4.24. The van der Waals surface area contributed by atoms with Gasteiger partial charge in [-0.15, -0.1) is 12.4 Å². The van der Waals surface area contributed by atoms with Gasteiger partial charge in [-0.3, -0.25) is 9.89 Å². The summed E-state index contributed by atoms with van der Waals surface area (Å²) in [6.07, 6.45) is 4.80. The zero-order chi connectivity index (χ0) is 14.7. The topological polar surface area (TPSA) is 83.8 Å². The van der Waals surface area contributed by atoms with Crippen LogP contribution in [0, 0.1) is 11.8 Å². The molecule has 1 amide bonds. The van der Waals surface area contributed by atoms with Crippen LogP contribution in [0.2, 0.25) is 0 Å². The smallest absolute Gasteiger partial charge is 0.227 e. The third-order valence-electron chi connectivity index (χ3n) is 4.24. The Morgan fingerprint density at radius 3 is 2.95 bits per heavy atom. The van der Waals surface area contributed by atoms with Crippen LogP contribution in [0.25, 0.3) is 11.3 Å². The van der Waals surface area contributed by atoms with E-state index in [1.165, 1.54) is 0 Å². The van der Waals surface area contributed by atoms with Crippen molar-refractivity contribution in [2.24, 2.45) is 17.6 Å². The Morgan fingerprint density at radius 1 is 1.36 bits per heavy atom. The lowest BCUT2D eigenvalue weighted by Gasteiger charge is -2.17. The predicted molar refractivity (Wildman–Crippen MR) is 89.8 cm³/mol. The standard InChI is InChI=1S/C16H20N4O.ClH/c17-10-12-4-2-6-14(12)16(21)19-13-5-1-3-11(9-13)15-7-8-18-20-15;/h1,3,5,7-9,12,14H,2,4,6,10,17H2,(H,18,20)(H,19,21);1H/t12-,14-;/m1./s1. The van der Waals surface area contributed by atoms with Gasteiger partial charge in [0.2, 0.25) is 5.91 Å². The summed E-state index contributed by atoms with van der Waals surface area (Å²) in [5, 5.41) is 9.89. The number of aromatic amines is 1. The number of benzene rings is 1. The summed E-state index contributed by atoms with van der Waals surface area (Å²) in [5.41, 5.74) is 8.51. The van der Waals surface area contributed by atoms with Crippen LogP contribution in [0.5, 0.6) is 0 Å². The van der Waals surface area contributed by atoms with Crippen LogP contribution in [-0.2, 0) is 4.79 Å². The number of hydrogen-bond donors (Lipinski definition) is 3. The molecule has 0 unspecified atom stereocenters. The van der Waals surface area contributed by atoms with Crippen molar-refractivity contribution in [3.8, 4) is 11.3 Å². The Balaban J connectivity index is 0.00000176. The molecule has 1 aromatic heterocycles. The first-order valence-corrected chi connectivity index (χ1v) is 7.38. The summed E-state index contributed by atoms with van der Waals surface area (Å²) in [5.74, 6) is 0.455. The molecule has 4 N–H and O–H groups in total. The second kappa shape index (κ2) is 7.42. The maximum Gasteiger partial charge on any atom is 0.227 e. The van der Waals surface area contributed by atoms with Crippen molar-refractivity contribution < 1.29 is 4.79 Å². The largest absolute Gasteiger partial charge is 0.330 e. The van der Waals surface area contributed by atoms with Gasteiger partial charge in [0.1, 0.15) is 0 Å². The minimum absolute atomic E-state index is 0. The minimum atomic E-state index is 0. The molecule has 0 aliphatic heterocycles. The Kier molecular flexibility index (Phi) is 5.57. The van der Waals surface area contributed by atoms with Gasteiger partial charge < -0.3 is 11.1 Å². The van der Waals surface area contributed by atoms with E-state index in [-0.39, 0.29) is 24.2 Å². The summed E-state index contributed by atoms with van der Waals surface area (Å²) in [4.78, 5) is 12.4. The number of halogens is 1. The first-order chi connectivity index (χ1) is 10.3. The van der Waals surface area contributed by atoms with E-state index in [1.54, 1.807) is 6.20 Å². The van der Waals surface area contributed by atoms with Gasteiger partial charge in [-0.05, 0) is 43.5 Å². The second-order valence-corrected chi connectivity index (χ2v) is 5.57. The number of rotatable bonds is 4. The predicted octanol–water partition coefficient (Wildman–Crippen LogP) is 2.81. The number of nitrogens with one attached hydrogen (secondary N) is 2. The number of hydrogen-bond acceptors (Lipinski definition) is 3. The number of amides is 1. The zero-order valence-corrected chi connectivity index (χ0v) is 13.1. The SMILES string of the molecule is Cl.NC[C@H]1CCC[C@H]1C(=O)Nc1cccc(-c2ccn[nH]2)c1. The highest BCUT2D eigenvalue weighted by Crippen LogP contribution is 2.32. The first-order valence-electron chi connectivity index (χ1n) is 7.38. The van der Waals surface area contributed by atoms with Crippen molar-refractivity contribution in [1.82, 2.24) is 10.2 Å². The van der Waals surface area contributed by atoms with Gasteiger partial charge in [-0.2, -0.15) is 5.10 Å². The van der Waals surface area contributed by atoms with Crippen LogP contribution in [0.4, 0.5) is 5.69 Å². The first kappa shape index (κ1) is 16.5. The van der Waals surface area contributed by atoms with Gasteiger partial charge in [-0.25, -0.2) is 0 Å². The summed E-state index contributed by atoms with van der Waals surface area (Å²) in [6, 6.07) is 9.69. The van der Waals surface area contributed by atoms with Gasteiger partial charge in [0, 0.05) is 23.4 Å². The molecule has 1 aromatic carbocycles. The zero-order valence-electron chi connectivity index (χ0n) is 12.3. The van der Waals surface area contributed by atoms with Gasteiger partial charge in [-0.1, -0.05) is 18.6 Å². The van der Waals surface area contributed by atoms with Crippen LogP contribution < -0.4 is 11.1 Å². The summed E-state index contributed by atoms with van der Waals surface area (Å²) < 4.78 is 0. The number of carbonyl (C=O) groups is 1. The summed E-state index contributed by atoms with van der Waals surface area (Å²) >= 11 is 0. The van der Waals surface area contributed by atoms with Crippen LogP contribution in [-0.4, -0.2) is 22.6 Å². The maximum atomic E-state index is 12.4. The van der Waals surface area contributed by atoms with Crippen molar-refractivity contribution in [3.63, 3.8) is 0 Å². The maximum absolute atomic E-state index is 12.4. The fraction of sp³-hybridized carbons (Fsp3) is 0.375. The van der Waals surface area contributed by atoms with E-state index in [1.807, 2.05) is 30.3 Å². The molecule has 1 aliphatic rings. The molecule has 5 nitrogen and oxygen atoms in total. The van der Waals surface area contributed by atoms with Crippen LogP contribution in [0.3, 0.4) is 0 Å². The summed E-state index contributed by atoms with van der Waals surface area (Å²) in [7, 11) is 0. The lowest BCUT2D eigenvalue weighted by molar-refractivity contribution is -0.120. The van der Waals surface area contributed by atoms with E-state index in [2.05, 4.69) is 15.5 Å². The van der Waals surface area contributed by atoms with Crippen LogP contribution in [0.15, 0.2) is 36.5 Å². The molecule has 6 heteroatoms. The van der Waals surface area contributed by atoms with E-state index < -0.39 is 0 Å². The molecule has 0 bridgehead atoms. The Bertz CT molecular complexity index is 614. The van der Waals surface area contributed by atoms with Crippen molar-refractivity contribution in [1.29, 1.82) is 0 Å². The number of carbonyl (C=O) groups excluding carboxylic acids is 1. The van der Waals surface area contributed by atoms with Crippen LogP contribution >= 0.6 is 12.4 Å². The van der Waals surface area contributed by atoms with E-state index in [0.29, 0.717) is 12.5 Å². The monoisotopic (exact) mass is 320 g/mol. The van der Waals surface area contributed by atoms with E-state index in [0.717, 1.165) is 36.2 Å². The molecule has 1 aliphatic carbocycles. The van der Waals surface area contributed by atoms with Crippen LogP contribution in [0.1, 0.15) is 19.3 Å². The fourth-order valence-electron chi connectivity index (χ4n) is 3.08. The Labute approximate surface area is 136 Å². The molecule has 0 radical (unpaired) electrons. The molecular weight excluding hydrogens is 300 g/mol.